The Balaban J connectivity index is 2.23. The molecule has 0 radical (unpaired) electrons. The Labute approximate surface area is 169 Å². The highest BCUT2D eigenvalue weighted by Gasteiger charge is 2.36. The van der Waals surface area contributed by atoms with Crippen LogP contribution in [0.5, 0.6) is 0 Å². The Morgan fingerprint density at radius 2 is 1.55 bits per heavy atom. The van der Waals surface area contributed by atoms with Crippen LogP contribution in [-0.2, 0) is 19.0 Å². The standard InChI is InChI=1S/C20H26N2O7/c1-20(2,3)29-19(26)22-8-6-7-15(22)16(23)21-14-10-12(17(24)27-4)9-13(11-14)18(25)28-5/h9-11,15H,6-8H2,1-5H3,(H,21,23)/t15-/m0/s1. The topological polar surface area (TPSA) is 111 Å². The number of methoxy groups -OCH3 is 2. The Kier molecular flexibility index (Phi) is 6.84. The fraction of sp³-hybridized carbons (Fsp3) is 0.500. The third kappa shape index (κ3) is 5.69. The van der Waals surface area contributed by atoms with Crippen molar-refractivity contribution in [3.05, 3.63) is 29.3 Å². The molecule has 0 unspecified atom stereocenters. The van der Waals surface area contributed by atoms with E-state index < -0.39 is 35.6 Å². The molecule has 1 aromatic carbocycles. The van der Waals surface area contributed by atoms with Gasteiger partial charge in [0.2, 0.25) is 5.91 Å². The highest BCUT2D eigenvalue weighted by molar-refractivity contribution is 6.01. The molecule has 1 saturated heterocycles. The zero-order chi connectivity index (χ0) is 21.8. The Bertz CT molecular complexity index is 779. The quantitative estimate of drug-likeness (QED) is 0.604. The third-order valence-corrected chi connectivity index (χ3v) is 4.23. The summed E-state index contributed by atoms with van der Waals surface area (Å²) in [6.07, 6.45) is 0.576. The zero-order valence-corrected chi connectivity index (χ0v) is 17.2. The van der Waals surface area contributed by atoms with Crippen molar-refractivity contribution in [3.8, 4) is 0 Å². The number of carbonyl (C=O) groups is 4. The van der Waals surface area contributed by atoms with E-state index in [4.69, 9.17) is 4.74 Å². The van der Waals surface area contributed by atoms with Gasteiger partial charge in [0.1, 0.15) is 11.6 Å². The number of amides is 2. The Morgan fingerprint density at radius 3 is 2.03 bits per heavy atom. The predicted octanol–water partition coefficient (Wildman–Crippen LogP) is 2.60. The lowest BCUT2D eigenvalue weighted by atomic mass is 10.1. The molecule has 9 nitrogen and oxygen atoms in total. The molecule has 0 aliphatic carbocycles. The molecule has 0 bridgehead atoms. The lowest BCUT2D eigenvalue weighted by molar-refractivity contribution is -0.120. The van der Waals surface area contributed by atoms with E-state index in [0.29, 0.717) is 19.4 Å². The molecular weight excluding hydrogens is 380 g/mol. The summed E-state index contributed by atoms with van der Waals surface area (Å²) in [7, 11) is 2.42. The van der Waals surface area contributed by atoms with Gasteiger partial charge < -0.3 is 19.5 Å². The first kappa shape index (κ1) is 22.2. The first-order valence-electron chi connectivity index (χ1n) is 9.18. The van der Waals surface area contributed by atoms with Gasteiger partial charge in [-0.15, -0.1) is 0 Å². The van der Waals surface area contributed by atoms with Crippen molar-refractivity contribution in [3.63, 3.8) is 0 Å². The van der Waals surface area contributed by atoms with Crippen molar-refractivity contribution in [1.29, 1.82) is 0 Å². The van der Waals surface area contributed by atoms with Crippen molar-refractivity contribution in [2.75, 3.05) is 26.1 Å². The van der Waals surface area contributed by atoms with Crippen LogP contribution < -0.4 is 5.32 Å². The molecular formula is C20H26N2O7. The fourth-order valence-corrected chi connectivity index (χ4v) is 2.98. The van der Waals surface area contributed by atoms with Crippen LogP contribution in [0.3, 0.4) is 0 Å². The Morgan fingerprint density at radius 1 is 1.00 bits per heavy atom. The van der Waals surface area contributed by atoms with E-state index in [2.05, 4.69) is 14.8 Å². The van der Waals surface area contributed by atoms with Crippen LogP contribution in [0, 0.1) is 0 Å². The highest BCUT2D eigenvalue weighted by Crippen LogP contribution is 2.23. The lowest BCUT2D eigenvalue weighted by Crippen LogP contribution is -2.45. The Hall–Kier alpha value is -3.10. The van der Waals surface area contributed by atoms with Crippen molar-refractivity contribution in [2.24, 2.45) is 0 Å². The molecule has 0 saturated carbocycles. The van der Waals surface area contributed by atoms with E-state index in [1.165, 1.54) is 37.3 Å². The van der Waals surface area contributed by atoms with Crippen LogP contribution in [-0.4, -0.2) is 61.2 Å². The van der Waals surface area contributed by atoms with Gasteiger partial charge in [-0.2, -0.15) is 0 Å². The summed E-state index contributed by atoms with van der Waals surface area (Å²) in [6.45, 7) is 5.66. The van der Waals surface area contributed by atoms with Gasteiger partial charge in [0.25, 0.3) is 0 Å². The SMILES string of the molecule is COC(=O)c1cc(NC(=O)[C@@H]2CCCN2C(=O)OC(C)(C)C)cc(C(=O)OC)c1. The maximum Gasteiger partial charge on any atom is 0.410 e. The minimum atomic E-state index is -0.715. The van der Waals surface area contributed by atoms with E-state index >= 15 is 0 Å². The number of hydrogen-bond donors (Lipinski definition) is 1. The second-order valence-corrected chi connectivity index (χ2v) is 7.60. The summed E-state index contributed by atoms with van der Waals surface area (Å²) in [5.41, 5.74) is -0.290. The van der Waals surface area contributed by atoms with Gasteiger partial charge in [-0.1, -0.05) is 0 Å². The molecule has 1 aliphatic rings. The molecule has 1 aliphatic heterocycles. The predicted molar refractivity (Wildman–Crippen MR) is 104 cm³/mol. The van der Waals surface area contributed by atoms with Crippen molar-refractivity contribution in [2.45, 2.75) is 45.3 Å². The van der Waals surface area contributed by atoms with Crippen LogP contribution in [0.4, 0.5) is 10.5 Å². The van der Waals surface area contributed by atoms with E-state index in [9.17, 15) is 19.2 Å². The van der Waals surface area contributed by atoms with E-state index in [-0.39, 0.29) is 16.8 Å². The summed E-state index contributed by atoms with van der Waals surface area (Å²) < 4.78 is 14.7. The van der Waals surface area contributed by atoms with Crippen molar-refractivity contribution < 1.29 is 33.4 Å². The van der Waals surface area contributed by atoms with Gasteiger partial charge in [0, 0.05) is 12.2 Å². The van der Waals surface area contributed by atoms with E-state index in [0.717, 1.165) is 0 Å². The molecule has 2 rings (SSSR count). The molecule has 1 atom stereocenters. The summed E-state index contributed by atoms with van der Waals surface area (Å²) in [5, 5.41) is 2.67. The number of ether oxygens (including phenoxy) is 3. The molecule has 1 N–H and O–H groups in total. The van der Waals surface area contributed by atoms with Crippen molar-refractivity contribution in [1.82, 2.24) is 4.90 Å². The minimum Gasteiger partial charge on any atom is -0.465 e. The number of benzene rings is 1. The van der Waals surface area contributed by atoms with Crippen LogP contribution in [0.15, 0.2) is 18.2 Å². The van der Waals surface area contributed by atoms with Gasteiger partial charge in [-0.25, -0.2) is 14.4 Å². The second kappa shape index (κ2) is 8.93. The van der Waals surface area contributed by atoms with Crippen LogP contribution in [0.1, 0.15) is 54.3 Å². The van der Waals surface area contributed by atoms with Gasteiger partial charge in [0.15, 0.2) is 0 Å². The number of likely N-dealkylation sites (tertiary alicyclic amines) is 1. The summed E-state index contributed by atoms with van der Waals surface area (Å²) in [4.78, 5) is 50.4. The second-order valence-electron chi connectivity index (χ2n) is 7.60. The normalized spacial score (nSPS) is 16.2. The van der Waals surface area contributed by atoms with E-state index in [1.54, 1.807) is 20.8 Å². The number of nitrogens with zero attached hydrogens (tertiary/aromatic N) is 1. The summed E-state index contributed by atoms with van der Waals surface area (Å²) in [5.74, 6) is -1.77. The molecule has 0 spiro atoms. The smallest absolute Gasteiger partial charge is 0.410 e. The number of carbonyl (C=O) groups excluding carboxylic acids is 4. The monoisotopic (exact) mass is 406 g/mol. The minimum absolute atomic E-state index is 0.0844. The molecule has 9 heteroatoms. The summed E-state index contributed by atoms with van der Waals surface area (Å²) in [6, 6.07) is 3.38. The molecule has 1 heterocycles. The number of rotatable bonds is 4. The van der Waals surface area contributed by atoms with Crippen molar-refractivity contribution >= 4 is 29.6 Å². The maximum atomic E-state index is 12.8. The largest absolute Gasteiger partial charge is 0.465 e. The maximum absolute atomic E-state index is 12.8. The summed E-state index contributed by atoms with van der Waals surface area (Å²) >= 11 is 0. The molecule has 2 amide bonds. The third-order valence-electron chi connectivity index (χ3n) is 4.23. The first-order chi connectivity index (χ1) is 13.6. The highest BCUT2D eigenvalue weighted by atomic mass is 16.6. The van der Waals surface area contributed by atoms with Crippen LogP contribution >= 0.6 is 0 Å². The van der Waals surface area contributed by atoms with Gasteiger partial charge in [0.05, 0.1) is 25.3 Å². The number of anilines is 1. The average Bonchev–Trinajstić information content (AvgIpc) is 3.15. The molecule has 158 valence electrons. The van der Waals surface area contributed by atoms with Gasteiger partial charge >= 0.3 is 18.0 Å². The first-order valence-corrected chi connectivity index (χ1v) is 9.18. The van der Waals surface area contributed by atoms with Gasteiger partial charge in [-0.3, -0.25) is 9.69 Å². The molecule has 0 aromatic heterocycles. The molecule has 1 fully saturated rings. The zero-order valence-electron chi connectivity index (χ0n) is 17.2. The van der Waals surface area contributed by atoms with Crippen LogP contribution in [0.25, 0.3) is 0 Å². The number of nitrogens with one attached hydrogen (secondary N) is 1. The number of esters is 2. The lowest BCUT2D eigenvalue weighted by Gasteiger charge is -2.28. The van der Waals surface area contributed by atoms with Gasteiger partial charge in [-0.05, 0) is 51.8 Å². The molecule has 29 heavy (non-hydrogen) atoms. The van der Waals surface area contributed by atoms with Crippen LogP contribution in [0.2, 0.25) is 0 Å². The fourth-order valence-electron chi connectivity index (χ4n) is 2.98. The number of hydrogen-bond acceptors (Lipinski definition) is 7. The average molecular weight is 406 g/mol. The molecule has 1 aromatic rings. The van der Waals surface area contributed by atoms with E-state index in [1.807, 2.05) is 0 Å².